The maximum atomic E-state index is 14.7. The van der Waals surface area contributed by atoms with Crippen LogP contribution in [0.2, 0.25) is 0 Å². The zero-order chi connectivity index (χ0) is 27.4. The van der Waals surface area contributed by atoms with Crippen LogP contribution in [0, 0.1) is 5.82 Å². The van der Waals surface area contributed by atoms with E-state index in [0.717, 1.165) is 19.0 Å². The van der Waals surface area contributed by atoms with E-state index in [9.17, 15) is 23.1 Å². The van der Waals surface area contributed by atoms with Crippen molar-refractivity contribution in [3.05, 3.63) is 36.4 Å². The molecule has 1 aliphatic heterocycles. The number of carbonyl (C=O) groups excluding carboxylic acids is 2. The zero-order valence-corrected chi connectivity index (χ0v) is 23.1. The van der Waals surface area contributed by atoms with Crippen molar-refractivity contribution < 1.29 is 27.8 Å². The fraction of sp³-hybridized carbons (Fsp3) is 0.577. The summed E-state index contributed by atoms with van der Waals surface area (Å²) in [7, 11) is -3.57. The van der Waals surface area contributed by atoms with Crippen molar-refractivity contribution in [2.45, 2.75) is 82.9 Å². The first-order valence-corrected chi connectivity index (χ1v) is 14.2. The van der Waals surface area contributed by atoms with Crippen molar-refractivity contribution in [2.75, 3.05) is 19.6 Å². The number of nitrogens with zero attached hydrogens (tertiary/aromatic N) is 3. The van der Waals surface area contributed by atoms with Crippen LogP contribution in [0.1, 0.15) is 60.3 Å². The Balaban J connectivity index is 1.81. The summed E-state index contributed by atoms with van der Waals surface area (Å²) in [6.07, 6.45) is 4.47. The number of carbonyl (C=O) groups is 2. The van der Waals surface area contributed by atoms with Gasteiger partial charge in [-0.25, -0.2) is 9.18 Å². The Morgan fingerprint density at radius 3 is 2.68 bits per heavy atom. The van der Waals surface area contributed by atoms with E-state index in [1.54, 1.807) is 42.1 Å². The Morgan fingerprint density at radius 1 is 1.27 bits per heavy atom. The molecule has 0 unspecified atom stereocenters. The lowest BCUT2D eigenvalue weighted by molar-refractivity contribution is -0.133. The first kappa shape index (κ1) is 29.1. The first-order valence-electron chi connectivity index (χ1n) is 12.7. The summed E-state index contributed by atoms with van der Waals surface area (Å²) in [6, 6.07) is 3.65. The fourth-order valence-electron chi connectivity index (χ4n) is 4.57. The number of halogens is 1. The Morgan fingerprint density at radius 2 is 2.00 bits per heavy atom. The van der Waals surface area contributed by atoms with Crippen LogP contribution in [0.15, 0.2) is 35.5 Å². The van der Waals surface area contributed by atoms with Crippen LogP contribution in [-0.4, -0.2) is 72.6 Å². The van der Waals surface area contributed by atoms with Gasteiger partial charge in [-0.15, -0.1) is 10.8 Å². The molecule has 3 rings (SSSR count). The third-order valence-electron chi connectivity index (χ3n) is 6.25. The lowest BCUT2D eigenvalue weighted by Gasteiger charge is -2.46. The number of alkyl carbamates (subject to hydrolysis) is 1. The van der Waals surface area contributed by atoms with Crippen molar-refractivity contribution in [3.8, 4) is 0 Å². The lowest BCUT2D eigenvalue weighted by atomic mass is 10.1. The summed E-state index contributed by atoms with van der Waals surface area (Å²) in [4.78, 5) is 31.5. The SMILES string of the molecule is CCCC[C@@H](NC(=O)OC(C)(C)C)C(=O)N1CCCN(S(O)(O)c2cccc3cncc(F)c23)[C@@H](C)C1. The van der Waals surface area contributed by atoms with Crippen LogP contribution in [0.4, 0.5) is 9.18 Å². The molecule has 0 spiro atoms. The van der Waals surface area contributed by atoms with Gasteiger partial charge in [0.15, 0.2) is 5.82 Å². The molecular weight excluding hydrogens is 499 g/mol. The number of hydrogen-bond donors (Lipinski definition) is 3. The molecule has 1 aromatic carbocycles. The van der Waals surface area contributed by atoms with Crippen molar-refractivity contribution in [1.82, 2.24) is 19.5 Å². The predicted molar refractivity (Wildman–Crippen MR) is 143 cm³/mol. The summed E-state index contributed by atoms with van der Waals surface area (Å²) in [5, 5.41) is 3.33. The van der Waals surface area contributed by atoms with Crippen LogP contribution in [0.5, 0.6) is 0 Å². The van der Waals surface area contributed by atoms with Gasteiger partial charge in [-0.1, -0.05) is 31.9 Å². The van der Waals surface area contributed by atoms with Gasteiger partial charge in [-0.2, -0.15) is 4.31 Å². The average Bonchev–Trinajstić information content (AvgIpc) is 3.02. The highest BCUT2D eigenvalue weighted by molar-refractivity contribution is 8.22. The summed E-state index contributed by atoms with van der Waals surface area (Å²) < 4.78 is 44.4. The maximum absolute atomic E-state index is 14.7. The molecule has 9 nitrogen and oxygen atoms in total. The van der Waals surface area contributed by atoms with Crippen LogP contribution >= 0.6 is 10.8 Å². The Labute approximate surface area is 219 Å². The second-order valence-electron chi connectivity index (χ2n) is 10.5. The highest BCUT2D eigenvalue weighted by atomic mass is 32.3. The van der Waals surface area contributed by atoms with Gasteiger partial charge >= 0.3 is 6.09 Å². The first-order chi connectivity index (χ1) is 17.3. The minimum atomic E-state index is -3.57. The van der Waals surface area contributed by atoms with Gasteiger partial charge in [-0.3, -0.25) is 18.9 Å². The number of rotatable bonds is 7. The van der Waals surface area contributed by atoms with E-state index in [4.69, 9.17) is 4.74 Å². The number of hydrogen-bond acceptors (Lipinski definition) is 7. The molecule has 2 amide bonds. The number of pyridine rings is 1. The van der Waals surface area contributed by atoms with E-state index < -0.39 is 40.4 Å². The molecule has 206 valence electrons. The number of aromatic nitrogens is 1. The van der Waals surface area contributed by atoms with E-state index in [2.05, 4.69) is 10.3 Å². The maximum Gasteiger partial charge on any atom is 0.408 e. The van der Waals surface area contributed by atoms with Crippen LogP contribution in [-0.2, 0) is 9.53 Å². The normalized spacial score (nSPS) is 18.8. The molecule has 3 N–H and O–H groups in total. The third-order valence-corrected chi connectivity index (χ3v) is 8.38. The summed E-state index contributed by atoms with van der Waals surface area (Å²) in [5.41, 5.74) is -0.689. The predicted octanol–water partition coefficient (Wildman–Crippen LogP) is 5.40. The number of fused-ring (bicyclic) bond motifs is 1. The van der Waals surface area contributed by atoms with Gasteiger partial charge in [0, 0.05) is 42.6 Å². The van der Waals surface area contributed by atoms with Gasteiger partial charge < -0.3 is 15.0 Å². The number of unbranched alkanes of at least 4 members (excludes halogenated alkanes) is 1. The molecule has 2 aromatic rings. The number of ether oxygens (including phenoxy) is 1. The molecule has 0 saturated carbocycles. The smallest absolute Gasteiger partial charge is 0.408 e. The molecule has 1 fully saturated rings. The van der Waals surface area contributed by atoms with E-state index >= 15 is 0 Å². The zero-order valence-electron chi connectivity index (χ0n) is 22.2. The van der Waals surface area contributed by atoms with Crippen LogP contribution < -0.4 is 5.32 Å². The van der Waals surface area contributed by atoms with E-state index in [0.29, 0.717) is 31.3 Å². The number of nitrogens with one attached hydrogen (secondary N) is 1. The fourth-order valence-corrected chi connectivity index (χ4v) is 6.52. The molecule has 1 saturated heterocycles. The Bertz CT molecular complexity index is 1100. The number of benzene rings is 1. The molecule has 2 heterocycles. The standard InChI is InChI=1S/C26H39FN4O5S/c1-6-7-11-21(29-25(33)36-26(3,4)5)24(32)30-13-9-14-31(18(2)17-30)37(34,35)22-12-8-10-19-15-28-16-20(27)23(19)22/h8,10,12,15-16,18,21,34-35H,6-7,9,11,13-14,17H2,1-5H3,(H,29,33)/t18-,21+/m0/s1. The molecule has 1 aromatic heterocycles. The molecule has 37 heavy (non-hydrogen) atoms. The third kappa shape index (κ3) is 7.10. The van der Waals surface area contributed by atoms with Gasteiger partial charge in [0.05, 0.1) is 11.1 Å². The lowest BCUT2D eigenvalue weighted by Crippen LogP contribution is -2.51. The van der Waals surface area contributed by atoms with Gasteiger partial charge in [-0.05, 0) is 46.6 Å². The second kappa shape index (κ2) is 11.9. The largest absolute Gasteiger partial charge is 0.444 e. The average molecular weight is 539 g/mol. The molecule has 1 aliphatic rings. The summed E-state index contributed by atoms with van der Waals surface area (Å²) in [5.74, 6) is -0.855. The number of amides is 2. The van der Waals surface area contributed by atoms with E-state index in [1.165, 1.54) is 12.3 Å². The molecule has 11 heteroatoms. The van der Waals surface area contributed by atoms with Crippen molar-refractivity contribution >= 4 is 33.5 Å². The van der Waals surface area contributed by atoms with Gasteiger partial charge in [0.1, 0.15) is 11.6 Å². The van der Waals surface area contributed by atoms with Gasteiger partial charge in [0.2, 0.25) is 5.91 Å². The van der Waals surface area contributed by atoms with Crippen molar-refractivity contribution in [2.24, 2.45) is 0 Å². The van der Waals surface area contributed by atoms with Crippen molar-refractivity contribution in [3.63, 3.8) is 0 Å². The van der Waals surface area contributed by atoms with Crippen LogP contribution in [0.25, 0.3) is 10.8 Å². The highest BCUT2D eigenvalue weighted by Crippen LogP contribution is 2.55. The molecule has 0 bridgehead atoms. The quantitative estimate of drug-likeness (QED) is 0.432. The van der Waals surface area contributed by atoms with Gasteiger partial charge in [0.25, 0.3) is 0 Å². The Hall–Kier alpha value is -2.47. The van der Waals surface area contributed by atoms with Crippen molar-refractivity contribution in [1.29, 1.82) is 0 Å². The molecule has 2 atom stereocenters. The molecule has 0 aliphatic carbocycles. The molecular formula is C26H39FN4O5S. The van der Waals surface area contributed by atoms with E-state index in [1.807, 2.05) is 13.8 Å². The Kier molecular flexibility index (Phi) is 9.38. The summed E-state index contributed by atoms with van der Waals surface area (Å²) in [6.45, 7) is 10.0. The van der Waals surface area contributed by atoms with Crippen LogP contribution in [0.3, 0.4) is 0 Å². The minimum Gasteiger partial charge on any atom is -0.444 e. The monoisotopic (exact) mass is 538 g/mol. The summed E-state index contributed by atoms with van der Waals surface area (Å²) >= 11 is 0. The van der Waals surface area contributed by atoms with E-state index in [-0.39, 0.29) is 22.7 Å². The highest BCUT2D eigenvalue weighted by Gasteiger charge is 2.37. The molecule has 0 radical (unpaired) electrons. The minimum absolute atomic E-state index is 0.101. The second-order valence-corrected chi connectivity index (χ2v) is 12.4. The topological polar surface area (TPSA) is 115 Å².